The molecule has 1 N–H and O–H groups in total. The van der Waals surface area contributed by atoms with Crippen LogP contribution in [0.1, 0.15) is 95.7 Å². The summed E-state index contributed by atoms with van der Waals surface area (Å²) in [6.07, 6.45) is 12.4. The summed E-state index contributed by atoms with van der Waals surface area (Å²) in [5, 5.41) is 13.7. The van der Waals surface area contributed by atoms with Crippen LogP contribution in [-0.4, -0.2) is 81.5 Å². The second-order valence-corrected chi connectivity index (χ2v) is 14.2. The molecule has 2 aliphatic carbocycles. The molecule has 0 spiro atoms. The average molecular weight is 592 g/mol. The number of hydrogen-bond donors (Lipinski definition) is 1. The minimum absolute atomic E-state index is 0.0733. The van der Waals surface area contributed by atoms with E-state index in [1.807, 2.05) is 47.8 Å². The quantitative estimate of drug-likeness (QED) is 0.227. The molecule has 2 saturated heterocycles. The Morgan fingerprint density at radius 3 is 2.35 bits per heavy atom. The lowest BCUT2D eigenvalue weighted by atomic mass is 9.65. The molecule has 2 saturated carbocycles. The molecule has 9 heteroatoms. The molecule has 234 valence electrons. The summed E-state index contributed by atoms with van der Waals surface area (Å²) in [6.45, 7) is 3.45. The Balaban J connectivity index is 1.31. The fourth-order valence-corrected chi connectivity index (χ4v) is 9.07. The zero-order valence-corrected chi connectivity index (χ0v) is 26.2. The number of benzene rings is 1. The van der Waals surface area contributed by atoms with E-state index in [1.54, 1.807) is 0 Å². The monoisotopic (exact) mass is 591 g/mol. The number of oxime groups is 1. The summed E-state index contributed by atoms with van der Waals surface area (Å²) in [7, 11) is 3.89. The molecule has 1 aromatic carbocycles. The van der Waals surface area contributed by atoms with Crippen molar-refractivity contribution in [3.63, 3.8) is 0 Å². The second-order valence-electron chi connectivity index (χ2n) is 14.2. The number of carboxylic acid groups (broad SMARTS) is 1. The number of para-hydroxylation sites is 2. The number of aliphatic carboxylic acids is 1. The first-order chi connectivity index (χ1) is 20.8. The standard InChI is InChI=1S/C34H49N5O4/c1-22-15-23-17-24(16-22)19-27(18-23)38-25-7-6-8-26(38)21-28(20-25)39-31-10-5-4-9-29(31)35-33(34(39)42)30(11-12-32(40)41)36-43-14-13-37(2)3/h4-5,9-10,22-28H,6-8,11-21H2,1-3H3,(H,40,41)/b36-30+/t22-,23-,24+,25-,26+,27?,28+. The molecule has 3 heterocycles. The number of likely N-dealkylation sites (N-methyl/N-ethyl adjacent to an activating group) is 1. The van der Waals surface area contributed by atoms with E-state index in [9.17, 15) is 14.7 Å². The van der Waals surface area contributed by atoms with Gasteiger partial charge in [-0.3, -0.25) is 14.5 Å². The van der Waals surface area contributed by atoms with E-state index in [2.05, 4.69) is 17.0 Å². The van der Waals surface area contributed by atoms with Gasteiger partial charge in [0.25, 0.3) is 5.56 Å². The second kappa shape index (κ2) is 13.1. The van der Waals surface area contributed by atoms with Gasteiger partial charge in [-0.05, 0) is 102 Å². The highest BCUT2D eigenvalue weighted by atomic mass is 16.6. The molecule has 0 radical (unpaired) electrons. The Labute approximate surface area is 255 Å². The first-order valence-electron chi connectivity index (χ1n) is 16.6. The van der Waals surface area contributed by atoms with Crippen LogP contribution in [0.2, 0.25) is 0 Å². The van der Waals surface area contributed by atoms with Crippen LogP contribution >= 0.6 is 0 Å². The van der Waals surface area contributed by atoms with Crippen LogP contribution in [0.5, 0.6) is 0 Å². The van der Waals surface area contributed by atoms with Crippen LogP contribution in [0.4, 0.5) is 0 Å². The van der Waals surface area contributed by atoms with Crippen molar-refractivity contribution in [1.29, 1.82) is 0 Å². The van der Waals surface area contributed by atoms with Gasteiger partial charge in [0.2, 0.25) is 0 Å². The highest BCUT2D eigenvalue weighted by molar-refractivity contribution is 6.00. The van der Waals surface area contributed by atoms with Crippen molar-refractivity contribution in [2.75, 3.05) is 27.2 Å². The maximum Gasteiger partial charge on any atom is 0.303 e. The van der Waals surface area contributed by atoms with E-state index >= 15 is 0 Å². The van der Waals surface area contributed by atoms with Crippen molar-refractivity contribution in [1.82, 2.24) is 19.4 Å². The number of nitrogens with zero attached hydrogens (tertiary/aromatic N) is 5. The highest BCUT2D eigenvalue weighted by Gasteiger charge is 2.46. The summed E-state index contributed by atoms with van der Waals surface area (Å²) in [5.41, 5.74) is 1.92. The van der Waals surface area contributed by atoms with Crippen LogP contribution in [0.15, 0.2) is 34.2 Å². The van der Waals surface area contributed by atoms with E-state index in [0.717, 1.165) is 41.6 Å². The van der Waals surface area contributed by atoms with Crippen LogP contribution in [-0.2, 0) is 9.63 Å². The van der Waals surface area contributed by atoms with Crippen LogP contribution in [0.3, 0.4) is 0 Å². The molecule has 2 aromatic rings. The third kappa shape index (κ3) is 6.68. The van der Waals surface area contributed by atoms with Gasteiger partial charge >= 0.3 is 5.97 Å². The summed E-state index contributed by atoms with van der Waals surface area (Å²) in [6, 6.07) is 9.60. The fraction of sp³-hybridized carbons (Fsp3) is 0.706. The molecular formula is C34H49N5O4. The van der Waals surface area contributed by atoms with Gasteiger partial charge in [0.1, 0.15) is 12.3 Å². The predicted molar refractivity (Wildman–Crippen MR) is 168 cm³/mol. The lowest BCUT2D eigenvalue weighted by Gasteiger charge is -2.55. The predicted octanol–water partition coefficient (Wildman–Crippen LogP) is 5.32. The Kier molecular flexibility index (Phi) is 9.19. The smallest absolute Gasteiger partial charge is 0.303 e. The van der Waals surface area contributed by atoms with Gasteiger partial charge in [-0.15, -0.1) is 0 Å². The van der Waals surface area contributed by atoms with Crippen molar-refractivity contribution in [3.8, 4) is 0 Å². The van der Waals surface area contributed by atoms with Crippen molar-refractivity contribution >= 4 is 22.7 Å². The van der Waals surface area contributed by atoms with Gasteiger partial charge in [0, 0.05) is 37.1 Å². The summed E-state index contributed by atoms with van der Waals surface area (Å²) in [5.74, 6) is 1.69. The molecular weight excluding hydrogens is 542 g/mol. The zero-order chi connectivity index (χ0) is 30.1. The highest BCUT2D eigenvalue weighted by Crippen LogP contribution is 2.48. The summed E-state index contributed by atoms with van der Waals surface area (Å²) >= 11 is 0. The molecule has 1 aromatic heterocycles. The van der Waals surface area contributed by atoms with E-state index in [0.29, 0.717) is 37.0 Å². The first kappa shape index (κ1) is 30.3. The van der Waals surface area contributed by atoms with Gasteiger partial charge in [-0.1, -0.05) is 30.6 Å². The fourth-order valence-electron chi connectivity index (χ4n) is 9.07. The van der Waals surface area contributed by atoms with Crippen LogP contribution in [0.25, 0.3) is 11.0 Å². The van der Waals surface area contributed by atoms with Gasteiger partial charge in [0.15, 0.2) is 5.69 Å². The zero-order valence-electron chi connectivity index (χ0n) is 26.2. The molecule has 2 aliphatic heterocycles. The number of fused-ring (bicyclic) bond motifs is 5. The summed E-state index contributed by atoms with van der Waals surface area (Å²) in [4.78, 5) is 41.1. The average Bonchev–Trinajstić information content (AvgIpc) is 2.95. The van der Waals surface area contributed by atoms with Crippen LogP contribution in [0, 0.1) is 17.8 Å². The first-order valence-corrected chi connectivity index (χ1v) is 16.6. The van der Waals surface area contributed by atoms with Crippen molar-refractivity contribution in [3.05, 3.63) is 40.3 Å². The molecule has 4 bridgehead atoms. The number of carboxylic acids is 1. The molecule has 0 amide bonds. The third-order valence-electron chi connectivity index (χ3n) is 10.6. The van der Waals surface area contributed by atoms with Gasteiger partial charge < -0.3 is 19.4 Å². The number of hydrogen-bond acceptors (Lipinski definition) is 7. The molecule has 43 heavy (non-hydrogen) atoms. The van der Waals surface area contributed by atoms with E-state index in [-0.39, 0.29) is 30.1 Å². The topological polar surface area (TPSA) is 100 Å². The normalized spacial score (nSPS) is 31.3. The SMILES string of the molecule is C[C@@H]1C[C@H]2CC(N3[C@@H]4CCC[C@H]3C[C@@H](n3c(=O)c(/C(CCC(=O)O)=N/OCCN(C)C)nc5ccccc53)C4)C[C@@H](C1)C2. The Hall–Kier alpha value is -2.78. The largest absolute Gasteiger partial charge is 0.481 e. The number of carbonyl (C=O) groups is 1. The third-order valence-corrected chi connectivity index (χ3v) is 10.6. The van der Waals surface area contributed by atoms with E-state index in [1.165, 1.54) is 51.4 Å². The molecule has 7 atom stereocenters. The van der Waals surface area contributed by atoms with Gasteiger partial charge in [-0.25, -0.2) is 4.98 Å². The minimum atomic E-state index is -0.941. The molecule has 6 rings (SSSR count). The van der Waals surface area contributed by atoms with E-state index < -0.39 is 5.97 Å². The van der Waals surface area contributed by atoms with Crippen molar-refractivity contribution in [2.24, 2.45) is 22.9 Å². The maximum atomic E-state index is 14.4. The molecule has 4 aliphatic rings. The minimum Gasteiger partial charge on any atom is -0.481 e. The van der Waals surface area contributed by atoms with Crippen molar-refractivity contribution < 1.29 is 14.7 Å². The number of aromatic nitrogens is 2. The van der Waals surface area contributed by atoms with E-state index in [4.69, 9.17) is 9.82 Å². The Morgan fingerprint density at radius 2 is 1.67 bits per heavy atom. The lowest BCUT2D eigenvalue weighted by Crippen LogP contribution is -2.59. The summed E-state index contributed by atoms with van der Waals surface area (Å²) < 4.78 is 1.98. The van der Waals surface area contributed by atoms with Gasteiger partial charge in [0.05, 0.1) is 17.5 Å². The number of piperidine rings is 2. The molecule has 9 nitrogen and oxygen atoms in total. The Morgan fingerprint density at radius 1 is 0.977 bits per heavy atom. The van der Waals surface area contributed by atoms with Crippen molar-refractivity contribution in [2.45, 2.75) is 108 Å². The lowest BCUT2D eigenvalue weighted by molar-refractivity contribution is -0.136. The maximum absolute atomic E-state index is 14.4. The Bertz CT molecular complexity index is 1360. The van der Waals surface area contributed by atoms with Crippen LogP contribution < -0.4 is 5.56 Å². The molecule has 4 fully saturated rings. The molecule has 1 unspecified atom stereocenters. The number of rotatable bonds is 10. The van der Waals surface area contributed by atoms with Gasteiger partial charge in [-0.2, -0.15) is 0 Å².